The fourth-order valence-corrected chi connectivity index (χ4v) is 2.67. The number of nitro benzene ring substituents is 1. The lowest BCUT2D eigenvalue weighted by Crippen LogP contribution is -2.02. The van der Waals surface area contributed by atoms with Crippen molar-refractivity contribution in [1.82, 2.24) is 0 Å². The van der Waals surface area contributed by atoms with Crippen LogP contribution in [0, 0.1) is 10.1 Å². The Labute approximate surface area is 132 Å². The fraction of sp³-hybridized carbons (Fsp3) is 0.250. The van der Waals surface area contributed by atoms with Gasteiger partial charge in [-0.25, -0.2) is 0 Å². The van der Waals surface area contributed by atoms with Gasteiger partial charge in [0.2, 0.25) is 0 Å². The van der Waals surface area contributed by atoms with Gasteiger partial charge in [-0.3, -0.25) is 10.1 Å². The Hall–Kier alpha value is -1.88. The molecule has 21 heavy (non-hydrogen) atoms. The van der Waals surface area contributed by atoms with Crippen molar-refractivity contribution in [3.05, 3.63) is 68.2 Å². The zero-order chi connectivity index (χ0) is 15.2. The normalized spacial score (nSPS) is 10.4. The molecule has 0 aliphatic heterocycles. The van der Waals surface area contributed by atoms with Crippen LogP contribution in [0.3, 0.4) is 0 Å². The van der Waals surface area contributed by atoms with Gasteiger partial charge >= 0.3 is 0 Å². The van der Waals surface area contributed by atoms with Crippen LogP contribution in [0.1, 0.15) is 24.5 Å². The summed E-state index contributed by atoms with van der Waals surface area (Å²) in [6, 6.07) is 13.3. The minimum atomic E-state index is -0.382. The van der Waals surface area contributed by atoms with Gasteiger partial charge in [0.15, 0.2) is 0 Å². The second-order valence-electron chi connectivity index (χ2n) is 4.81. The summed E-state index contributed by atoms with van der Waals surface area (Å²) in [6.07, 6.45) is 2.21. The van der Waals surface area contributed by atoms with Crippen LogP contribution >= 0.6 is 15.9 Å². The zero-order valence-electron chi connectivity index (χ0n) is 11.8. The van der Waals surface area contributed by atoms with Crippen molar-refractivity contribution >= 4 is 27.3 Å². The summed E-state index contributed by atoms with van der Waals surface area (Å²) in [5.74, 6) is 0. The van der Waals surface area contributed by atoms with E-state index < -0.39 is 0 Å². The molecule has 0 aliphatic carbocycles. The molecule has 0 saturated carbocycles. The van der Waals surface area contributed by atoms with Gasteiger partial charge in [0.1, 0.15) is 4.47 Å². The van der Waals surface area contributed by atoms with Gasteiger partial charge in [-0.1, -0.05) is 37.6 Å². The minimum absolute atomic E-state index is 0.0904. The van der Waals surface area contributed by atoms with E-state index in [4.69, 9.17) is 0 Å². The lowest BCUT2D eigenvalue weighted by Gasteiger charge is -2.09. The Morgan fingerprint density at radius 2 is 1.90 bits per heavy atom. The fourth-order valence-electron chi connectivity index (χ4n) is 2.12. The molecule has 110 valence electrons. The van der Waals surface area contributed by atoms with Crippen molar-refractivity contribution in [2.45, 2.75) is 26.3 Å². The Morgan fingerprint density at radius 3 is 2.52 bits per heavy atom. The highest BCUT2D eigenvalue weighted by Crippen LogP contribution is 2.28. The van der Waals surface area contributed by atoms with Crippen molar-refractivity contribution in [2.24, 2.45) is 0 Å². The molecule has 0 aromatic heterocycles. The van der Waals surface area contributed by atoms with Crippen LogP contribution in [0.5, 0.6) is 0 Å². The van der Waals surface area contributed by atoms with Gasteiger partial charge < -0.3 is 5.32 Å². The Kier molecular flexibility index (Phi) is 5.33. The molecule has 0 atom stereocenters. The van der Waals surface area contributed by atoms with E-state index in [2.05, 4.69) is 40.3 Å². The molecule has 0 bridgehead atoms. The molecule has 0 radical (unpaired) electrons. The molecule has 0 unspecified atom stereocenters. The van der Waals surface area contributed by atoms with Gasteiger partial charge in [0, 0.05) is 18.3 Å². The quantitative estimate of drug-likeness (QED) is 0.595. The molecule has 5 heteroatoms. The first-order chi connectivity index (χ1) is 10.1. The molecule has 0 fully saturated rings. The van der Waals surface area contributed by atoms with Gasteiger partial charge in [-0.2, -0.15) is 0 Å². The number of aryl methyl sites for hydroxylation is 1. The van der Waals surface area contributed by atoms with Crippen LogP contribution in [-0.4, -0.2) is 4.92 Å². The predicted octanol–water partition coefficient (Wildman–Crippen LogP) is 4.92. The lowest BCUT2D eigenvalue weighted by atomic mass is 10.1. The topological polar surface area (TPSA) is 55.2 Å². The second kappa shape index (κ2) is 7.22. The van der Waals surface area contributed by atoms with Crippen LogP contribution in [0.2, 0.25) is 0 Å². The molecule has 0 spiro atoms. The third-order valence-electron chi connectivity index (χ3n) is 3.23. The van der Waals surface area contributed by atoms with Crippen molar-refractivity contribution in [2.75, 3.05) is 5.32 Å². The van der Waals surface area contributed by atoms with Crippen LogP contribution in [-0.2, 0) is 13.0 Å². The highest BCUT2D eigenvalue weighted by atomic mass is 79.9. The van der Waals surface area contributed by atoms with Crippen molar-refractivity contribution < 1.29 is 4.92 Å². The van der Waals surface area contributed by atoms with E-state index >= 15 is 0 Å². The number of hydrogen-bond donors (Lipinski definition) is 1. The monoisotopic (exact) mass is 348 g/mol. The lowest BCUT2D eigenvalue weighted by molar-refractivity contribution is -0.385. The largest absolute Gasteiger partial charge is 0.381 e. The van der Waals surface area contributed by atoms with Crippen LogP contribution in [0.15, 0.2) is 46.9 Å². The predicted molar refractivity (Wildman–Crippen MR) is 88.6 cm³/mol. The van der Waals surface area contributed by atoms with Crippen molar-refractivity contribution in [1.29, 1.82) is 0 Å². The Morgan fingerprint density at radius 1 is 1.19 bits per heavy atom. The number of nitrogens with one attached hydrogen (secondary N) is 1. The molecule has 0 aliphatic rings. The zero-order valence-corrected chi connectivity index (χ0v) is 13.4. The summed E-state index contributed by atoms with van der Waals surface area (Å²) < 4.78 is 0.533. The standard InChI is InChI=1S/C16H17BrN2O2/c1-2-4-12-7-9-14(10-8-12)18-11-13-5-3-6-15(16(13)17)19(20)21/h3,5-10,18H,2,4,11H2,1H3. The first-order valence-electron chi connectivity index (χ1n) is 6.86. The summed E-state index contributed by atoms with van der Waals surface area (Å²) in [4.78, 5) is 10.5. The third kappa shape index (κ3) is 4.04. The minimum Gasteiger partial charge on any atom is -0.381 e. The first kappa shape index (κ1) is 15.5. The maximum absolute atomic E-state index is 10.9. The van der Waals surface area contributed by atoms with Gasteiger partial charge in [0.25, 0.3) is 5.69 Å². The Balaban J connectivity index is 2.06. The highest BCUT2D eigenvalue weighted by Gasteiger charge is 2.14. The first-order valence-corrected chi connectivity index (χ1v) is 7.65. The number of rotatable bonds is 6. The van der Waals surface area contributed by atoms with Crippen LogP contribution in [0.25, 0.3) is 0 Å². The Bertz CT molecular complexity index is 627. The molecule has 0 heterocycles. The highest BCUT2D eigenvalue weighted by molar-refractivity contribution is 9.10. The summed E-state index contributed by atoms with van der Waals surface area (Å²) >= 11 is 3.31. The average molecular weight is 349 g/mol. The molecule has 0 saturated heterocycles. The van der Waals surface area contributed by atoms with E-state index in [-0.39, 0.29) is 10.6 Å². The van der Waals surface area contributed by atoms with E-state index in [9.17, 15) is 10.1 Å². The molecule has 2 aromatic carbocycles. The molecular weight excluding hydrogens is 332 g/mol. The van der Waals surface area contributed by atoms with E-state index in [0.717, 1.165) is 24.1 Å². The van der Waals surface area contributed by atoms with Crippen LogP contribution < -0.4 is 5.32 Å². The number of benzene rings is 2. The summed E-state index contributed by atoms with van der Waals surface area (Å²) in [5, 5.41) is 14.2. The van der Waals surface area contributed by atoms with Gasteiger partial charge in [-0.05, 0) is 45.6 Å². The van der Waals surface area contributed by atoms with E-state index in [1.54, 1.807) is 6.07 Å². The summed E-state index contributed by atoms with van der Waals surface area (Å²) in [5.41, 5.74) is 3.28. The average Bonchev–Trinajstić information content (AvgIpc) is 2.48. The maximum atomic E-state index is 10.9. The van der Waals surface area contributed by atoms with E-state index in [1.807, 2.05) is 18.2 Å². The number of hydrogen-bond acceptors (Lipinski definition) is 3. The summed E-state index contributed by atoms with van der Waals surface area (Å²) in [7, 11) is 0. The summed E-state index contributed by atoms with van der Waals surface area (Å²) in [6.45, 7) is 2.70. The number of halogens is 1. The third-order valence-corrected chi connectivity index (χ3v) is 4.15. The molecule has 1 N–H and O–H groups in total. The van der Waals surface area contributed by atoms with E-state index in [0.29, 0.717) is 11.0 Å². The molecule has 4 nitrogen and oxygen atoms in total. The SMILES string of the molecule is CCCc1ccc(NCc2cccc([N+](=O)[O-])c2Br)cc1. The second-order valence-corrected chi connectivity index (χ2v) is 5.60. The number of nitro groups is 1. The molecular formula is C16H17BrN2O2. The molecule has 0 amide bonds. The van der Waals surface area contributed by atoms with Crippen molar-refractivity contribution in [3.8, 4) is 0 Å². The van der Waals surface area contributed by atoms with E-state index in [1.165, 1.54) is 11.6 Å². The van der Waals surface area contributed by atoms with Crippen molar-refractivity contribution in [3.63, 3.8) is 0 Å². The smallest absolute Gasteiger partial charge is 0.283 e. The molecule has 2 rings (SSSR count). The number of nitrogens with zero attached hydrogens (tertiary/aromatic N) is 1. The van der Waals surface area contributed by atoms with Gasteiger partial charge in [-0.15, -0.1) is 0 Å². The van der Waals surface area contributed by atoms with Gasteiger partial charge in [0.05, 0.1) is 4.92 Å². The molecule has 2 aromatic rings. The number of anilines is 1. The maximum Gasteiger partial charge on any atom is 0.283 e. The van der Waals surface area contributed by atoms with Crippen LogP contribution in [0.4, 0.5) is 11.4 Å².